The normalized spacial score (nSPS) is 12.5. The molecule has 2 aromatic heterocycles. The van der Waals surface area contributed by atoms with Crippen LogP contribution in [-0.4, -0.2) is 33.8 Å². The molecule has 0 aliphatic carbocycles. The van der Waals surface area contributed by atoms with Crippen LogP contribution in [0.2, 0.25) is 0 Å². The standard InChI is InChI=1S/C18H27F3N6S/c1-5-13-12(14(6-2)27(4)26-13)10-24-17(22-7-3)23-9-8-16-25-15(11-28-16)18(19,20)21/h11H,5-10H2,1-4H3,(H2,22,23,24). The van der Waals surface area contributed by atoms with E-state index in [0.717, 1.165) is 40.8 Å². The molecule has 2 heterocycles. The fourth-order valence-corrected chi connectivity index (χ4v) is 3.72. The van der Waals surface area contributed by atoms with Gasteiger partial charge in [-0.15, -0.1) is 11.3 Å². The highest BCUT2D eigenvalue weighted by Crippen LogP contribution is 2.30. The van der Waals surface area contributed by atoms with E-state index in [2.05, 4.69) is 39.6 Å². The zero-order chi connectivity index (χ0) is 20.7. The molecule has 0 radical (unpaired) electrons. The first kappa shape index (κ1) is 22.2. The van der Waals surface area contributed by atoms with Gasteiger partial charge in [0.15, 0.2) is 11.7 Å². The summed E-state index contributed by atoms with van der Waals surface area (Å²) < 4.78 is 39.8. The molecule has 28 heavy (non-hydrogen) atoms. The van der Waals surface area contributed by atoms with Crippen LogP contribution in [0.15, 0.2) is 10.4 Å². The molecule has 0 amide bonds. The van der Waals surface area contributed by atoms with Crippen LogP contribution in [0, 0.1) is 0 Å². The monoisotopic (exact) mass is 416 g/mol. The summed E-state index contributed by atoms with van der Waals surface area (Å²) >= 11 is 1.02. The van der Waals surface area contributed by atoms with E-state index in [1.54, 1.807) is 0 Å². The zero-order valence-corrected chi connectivity index (χ0v) is 17.5. The number of aliphatic imine (C=N–C) groups is 1. The fourth-order valence-electron chi connectivity index (χ4n) is 2.92. The summed E-state index contributed by atoms with van der Waals surface area (Å²) in [7, 11) is 1.94. The van der Waals surface area contributed by atoms with Gasteiger partial charge in [0.1, 0.15) is 0 Å². The summed E-state index contributed by atoms with van der Waals surface area (Å²) in [6, 6.07) is 0. The second-order valence-corrected chi connectivity index (χ2v) is 7.14. The van der Waals surface area contributed by atoms with Crippen molar-refractivity contribution in [2.45, 2.75) is 52.8 Å². The molecule has 0 aliphatic heterocycles. The van der Waals surface area contributed by atoms with Gasteiger partial charge in [0.05, 0.1) is 17.2 Å². The van der Waals surface area contributed by atoms with Crippen LogP contribution in [-0.2, 0) is 39.0 Å². The predicted octanol–water partition coefficient (Wildman–Crippen LogP) is 3.32. The highest BCUT2D eigenvalue weighted by molar-refractivity contribution is 7.09. The van der Waals surface area contributed by atoms with Crippen molar-refractivity contribution < 1.29 is 13.2 Å². The molecule has 6 nitrogen and oxygen atoms in total. The van der Waals surface area contributed by atoms with E-state index in [1.807, 2.05) is 18.7 Å². The molecule has 0 saturated heterocycles. The molecule has 156 valence electrons. The van der Waals surface area contributed by atoms with Crippen LogP contribution in [0.1, 0.15) is 48.4 Å². The lowest BCUT2D eigenvalue weighted by Crippen LogP contribution is -2.38. The van der Waals surface area contributed by atoms with E-state index in [0.29, 0.717) is 37.0 Å². The van der Waals surface area contributed by atoms with Crippen LogP contribution < -0.4 is 10.6 Å². The average Bonchev–Trinajstić information content (AvgIpc) is 3.23. The number of hydrogen-bond donors (Lipinski definition) is 2. The van der Waals surface area contributed by atoms with Crippen molar-refractivity contribution in [1.29, 1.82) is 0 Å². The molecule has 2 aromatic rings. The van der Waals surface area contributed by atoms with Crippen molar-refractivity contribution in [2.24, 2.45) is 12.0 Å². The van der Waals surface area contributed by atoms with Gasteiger partial charge in [-0.05, 0) is 19.8 Å². The summed E-state index contributed by atoms with van der Waals surface area (Å²) in [6.45, 7) is 7.77. The number of halogens is 3. The molecule has 2 rings (SSSR count). The number of rotatable bonds is 8. The maximum atomic E-state index is 12.6. The highest BCUT2D eigenvalue weighted by Gasteiger charge is 2.33. The zero-order valence-electron chi connectivity index (χ0n) is 16.7. The molecule has 0 bridgehead atoms. The number of aryl methyl sites for hydroxylation is 2. The Bertz CT molecular complexity index is 794. The maximum absolute atomic E-state index is 12.6. The first-order chi connectivity index (χ1) is 13.3. The largest absolute Gasteiger partial charge is 0.434 e. The quantitative estimate of drug-likeness (QED) is 0.512. The van der Waals surface area contributed by atoms with E-state index in [1.165, 1.54) is 5.69 Å². The number of guanidine groups is 1. The Morgan fingerprint density at radius 2 is 1.96 bits per heavy atom. The molecule has 0 aromatic carbocycles. The summed E-state index contributed by atoms with van der Waals surface area (Å²) in [6.07, 6.45) is -2.27. The Labute approximate surface area is 167 Å². The second-order valence-electron chi connectivity index (χ2n) is 6.20. The lowest BCUT2D eigenvalue weighted by atomic mass is 10.1. The first-order valence-electron chi connectivity index (χ1n) is 9.37. The topological polar surface area (TPSA) is 67.1 Å². The molecule has 0 spiro atoms. The van der Waals surface area contributed by atoms with Gasteiger partial charge in [-0.2, -0.15) is 18.3 Å². The number of alkyl halides is 3. The summed E-state index contributed by atoms with van der Waals surface area (Å²) in [4.78, 5) is 8.28. The van der Waals surface area contributed by atoms with E-state index in [4.69, 9.17) is 0 Å². The van der Waals surface area contributed by atoms with Gasteiger partial charge >= 0.3 is 6.18 Å². The Balaban J connectivity index is 2.00. The molecule has 0 fully saturated rings. The average molecular weight is 417 g/mol. The van der Waals surface area contributed by atoms with Gasteiger partial charge in [0.25, 0.3) is 0 Å². The van der Waals surface area contributed by atoms with E-state index >= 15 is 0 Å². The van der Waals surface area contributed by atoms with Gasteiger partial charge in [0.2, 0.25) is 0 Å². The van der Waals surface area contributed by atoms with Gasteiger partial charge in [-0.1, -0.05) is 13.8 Å². The SMILES string of the molecule is CCNC(=NCc1c(CC)nn(C)c1CC)NCCc1nc(C(F)(F)F)cs1. The van der Waals surface area contributed by atoms with Crippen molar-refractivity contribution >= 4 is 17.3 Å². The molecule has 0 unspecified atom stereocenters. The Kier molecular flexibility index (Phi) is 7.85. The van der Waals surface area contributed by atoms with Gasteiger partial charge in [-0.25, -0.2) is 9.98 Å². The second kappa shape index (κ2) is 9.90. The van der Waals surface area contributed by atoms with E-state index in [9.17, 15) is 13.2 Å². The molecule has 0 atom stereocenters. The Hall–Kier alpha value is -2.10. The molecule has 0 aliphatic rings. The Morgan fingerprint density at radius 1 is 1.21 bits per heavy atom. The number of aromatic nitrogens is 3. The number of hydrogen-bond acceptors (Lipinski definition) is 4. The van der Waals surface area contributed by atoms with Gasteiger partial charge in [-0.3, -0.25) is 4.68 Å². The maximum Gasteiger partial charge on any atom is 0.434 e. The first-order valence-corrected chi connectivity index (χ1v) is 10.2. The molecular formula is C18H27F3N6S. The molecule has 0 saturated carbocycles. The van der Waals surface area contributed by atoms with Crippen molar-refractivity contribution in [3.8, 4) is 0 Å². The predicted molar refractivity (Wildman–Crippen MR) is 106 cm³/mol. The number of thiazole rings is 1. The lowest BCUT2D eigenvalue weighted by molar-refractivity contribution is -0.140. The van der Waals surface area contributed by atoms with Crippen LogP contribution in [0.3, 0.4) is 0 Å². The van der Waals surface area contributed by atoms with E-state index < -0.39 is 11.9 Å². The van der Waals surface area contributed by atoms with Crippen LogP contribution >= 0.6 is 11.3 Å². The fraction of sp³-hybridized carbons (Fsp3) is 0.611. The van der Waals surface area contributed by atoms with Crippen molar-refractivity contribution in [3.63, 3.8) is 0 Å². The summed E-state index contributed by atoms with van der Waals surface area (Å²) in [5.74, 6) is 0.628. The van der Waals surface area contributed by atoms with Crippen LogP contribution in [0.4, 0.5) is 13.2 Å². The van der Waals surface area contributed by atoms with Gasteiger partial charge < -0.3 is 10.6 Å². The van der Waals surface area contributed by atoms with E-state index in [-0.39, 0.29) is 0 Å². The summed E-state index contributed by atoms with van der Waals surface area (Å²) in [5, 5.41) is 12.4. The highest BCUT2D eigenvalue weighted by atomic mass is 32.1. The third-order valence-corrected chi connectivity index (χ3v) is 5.15. The molecular weight excluding hydrogens is 389 g/mol. The smallest absolute Gasteiger partial charge is 0.357 e. The minimum Gasteiger partial charge on any atom is -0.357 e. The van der Waals surface area contributed by atoms with Crippen molar-refractivity contribution in [1.82, 2.24) is 25.4 Å². The van der Waals surface area contributed by atoms with Crippen molar-refractivity contribution in [3.05, 3.63) is 33.0 Å². The van der Waals surface area contributed by atoms with Crippen LogP contribution in [0.25, 0.3) is 0 Å². The summed E-state index contributed by atoms with van der Waals surface area (Å²) in [5.41, 5.74) is 2.52. The third kappa shape index (κ3) is 5.70. The van der Waals surface area contributed by atoms with Crippen molar-refractivity contribution in [2.75, 3.05) is 13.1 Å². The lowest BCUT2D eigenvalue weighted by Gasteiger charge is -2.11. The third-order valence-electron chi connectivity index (χ3n) is 4.24. The van der Waals surface area contributed by atoms with Gasteiger partial charge in [0, 0.05) is 43.2 Å². The molecule has 2 N–H and O–H groups in total. The number of nitrogens with one attached hydrogen (secondary N) is 2. The Morgan fingerprint density at radius 3 is 2.54 bits per heavy atom. The minimum atomic E-state index is -4.39. The minimum absolute atomic E-state index is 0.401. The number of nitrogens with zero attached hydrogens (tertiary/aromatic N) is 4. The molecule has 10 heteroatoms. The van der Waals surface area contributed by atoms with Crippen LogP contribution in [0.5, 0.6) is 0 Å².